The van der Waals surface area contributed by atoms with E-state index >= 15 is 0 Å². The van der Waals surface area contributed by atoms with E-state index in [2.05, 4.69) is 5.92 Å². The Bertz CT molecular complexity index is 74.5. The average Bonchev–Trinajstić information content (AvgIpc) is 1.35. The minimum absolute atomic E-state index is 0.931. The van der Waals surface area contributed by atoms with Gasteiger partial charge in [-0.25, -0.2) is 0 Å². The smallest absolute Gasteiger partial charge is 0.158 e. The van der Waals surface area contributed by atoms with Crippen molar-refractivity contribution in [2.24, 2.45) is 0 Å². The van der Waals surface area contributed by atoms with Gasteiger partial charge in [0.1, 0.15) is 0 Å². The molecule has 0 saturated heterocycles. The summed E-state index contributed by atoms with van der Waals surface area (Å²) in [7, 11) is 1.56. The first-order valence-corrected chi connectivity index (χ1v) is 1.76. The maximum Gasteiger partial charge on any atom is 0.158 e. The van der Waals surface area contributed by atoms with Crippen LogP contribution in [0.5, 0.6) is 0 Å². The summed E-state index contributed by atoms with van der Waals surface area (Å²) in [5.41, 5.74) is -0.931. The molecule has 0 heterocycles. The van der Waals surface area contributed by atoms with Crippen molar-refractivity contribution in [2.75, 3.05) is 0 Å². The van der Waals surface area contributed by atoms with Gasteiger partial charge in [-0.1, -0.05) is 5.92 Å². The number of aliphatic hydroxyl groups is 1. The van der Waals surface area contributed by atoms with Crippen molar-refractivity contribution in [2.45, 2.75) is 12.4 Å². The predicted molar refractivity (Wildman–Crippen MR) is 28.0 cm³/mol. The van der Waals surface area contributed by atoms with Crippen LogP contribution in [0.1, 0.15) is 6.92 Å². The maximum atomic E-state index is 8.59. The van der Waals surface area contributed by atoms with E-state index in [-0.39, 0.29) is 0 Å². The van der Waals surface area contributed by atoms with Gasteiger partial charge in [0.25, 0.3) is 0 Å². The summed E-state index contributed by atoms with van der Waals surface area (Å²) < 4.78 is 0. The SMILES string of the molecule is BC(C)(O)C#C. The Kier molecular flexibility index (Phi) is 1.26. The van der Waals surface area contributed by atoms with Crippen molar-refractivity contribution in [3.05, 3.63) is 0 Å². The summed E-state index contributed by atoms with van der Waals surface area (Å²) >= 11 is 0. The summed E-state index contributed by atoms with van der Waals surface area (Å²) in [6.07, 6.45) is 4.81. The van der Waals surface area contributed by atoms with Gasteiger partial charge in [0.05, 0.1) is 5.50 Å². The van der Waals surface area contributed by atoms with Gasteiger partial charge in [-0.05, 0) is 6.92 Å². The van der Waals surface area contributed by atoms with Crippen molar-refractivity contribution in [3.63, 3.8) is 0 Å². The number of hydrogen-bond acceptors (Lipinski definition) is 1. The zero-order chi connectivity index (χ0) is 5.21. The molecule has 0 spiro atoms. The molecule has 0 saturated carbocycles. The maximum absolute atomic E-state index is 8.59. The highest BCUT2D eigenvalue weighted by molar-refractivity contribution is 6.16. The molecule has 0 amide bonds. The highest BCUT2D eigenvalue weighted by atomic mass is 16.3. The van der Waals surface area contributed by atoms with Gasteiger partial charge < -0.3 is 5.11 Å². The molecule has 2 heteroatoms. The van der Waals surface area contributed by atoms with Crippen LogP contribution in [0, 0.1) is 12.3 Å². The highest BCUT2D eigenvalue weighted by Gasteiger charge is 2.03. The van der Waals surface area contributed by atoms with E-state index in [1.165, 1.54) is 0 Å². The standard InChI is InChI=1S/C4H7BO/c1-3-4(2,5)6/h1,6H,5H2,2H3. The molecule has 1 N–H and O–H groups in total. The van der Waals surface area contributed by atoms with E-state index in [9.17, 15) is 0 Å². The fourth-order valence-electron chi connectivity index (χ4n) is 0. The van der Waals surface area contributed by atoms with Crippen LogP contribution >= 0.6 is 0 Å². The minimum atomic E-state index is -0.931. The summed E-state index contributed by atoms with van der Waals surface area (Å²) in [5.74, 6) is 2.16. The van der Waals surface area contributed by atoms with Gasteiger partial charge in [0.2, 0.25) is 0 Å². The van der Waals surface area contributed by atoms with Crippen LogP contribution in [0.25, 0.3) is 0 Å². The quantitative estimate of drug-likeness (QED) is 0.292. The zero-order valence-electron chi connectivity index (χ0n) is 4.02. The van der Waals surface area contributed by atoms with Gasteiger partial charge >= 0.3 is 0 Å². The van der Waals surface area contributed by atoms with Crippen molar-refractivity contribution < 1.29 is 5.11 Å². The van der Waals surface area contributed by atoms with E-state index in [1.54, 1.807) is 14.8 Å². The second-order valence-corrected chi connectivity index (χ2v) is 1.70. The summed E-state index contributed by atoms with van der Waals surface area (Å²) in [6, 6.07) is 0. The lowest BCUT2D eigenvalue weighted by Crippen LogP contribution is -2.19. The number of rotatable bonds is 0. The molecule has 0 aromatic heterocycles. The lowest BCUT2D eigenvalue weighted by atomic mass is 9.85. The Morgan fingerprint density at radius 3 is 2.17 bits per heavy atom. The van der Waals surface area contributed by atoms with Crippen molar-refractivity contribution in [3.8, 4) is 12.3 Å². The van der Waals surface area contributed by atoms with Crippen LogP contribution in [-0.4, -0.2) is 18.5 Å². The molecule has 1 nitrogen and oxygen atoms in total. The summed E-state index contributed by atoms with van der Waals surface area (Å²) in [6.45, 7) is 1.56. The third-order valence-corrected chi connectivity index (χ3v) is 0.353. The Hall–Kier alpha value is -0.415. The number of hydrogen-bond donors (Lipinski definition) is 1. The Labute approximate surface area is 38.8 Å². The molecule has 32 valence electrons. The Morgan fingerprint density at radius 1 is 2.00 bits per heavy atom. The summed E-state index contributed by atoms with van der Waals surface area (Å²) in [5, 5.41) is 8.59. The molecule has 0 fully saturated rings. The molecular weight excluding hydrogens is 74.9 g/mol. The Morgan fingerprint density at radius 2 is 2.17 bits per heavy atom. The number of terminal acetylenes is 1. The van der Waals surface area contributed by atoms with Crippen LogP contribution in [0.3, 0.4) is 0 Å². The molecule has 0 radical (unpaired) electrons. The first-order valence-electron chi connectivity index (χ1n) is 1.76. The van der Waals surface area contributed by atoms with Gasteiger partial charge in [-0.3, -0.25) is 0 Å². The summed E-state index contributed by atoms with van der Waals surface area (Å²) in [4.78, 5) is 0. The van der Waals surface area contributed by atoms with Crippen LogP contribution in [0.4, 0.5) is 0 Å². The predicted octanol–water partition coefficient (Wildman–Crippen LogP) is -1.04. The second kappa shape index (κ2) is 1.36. The first-order chi connectivity index (χ1) is 2.56. The van der Waals surface area contributed by atoms with Crippen LogP contribution in [0.15, 0.2) is 0 Å². The van der Waals surface area contributed by atoms with Gasteiger partial charge in [0, 0.05) is 0 Å². The Balaban J connectivity index is 3.55. The second-order valence-electron chi connectivity index (χ2n) is 1.70. The molecule has 1 atom stereocenters. The van der Waals surface area contributed by atoms with E-state index in [0.29, 0.717) is 0 Å². The lowest BCUT2D eigenvalue weighted by molar-refractivity contribution is 0.210. The van der Waals surface area contributed by atoms with Crippen molar-refractivity contribution >= 4 is 7.85 Å². The first kappa shape index (κ1) is 5.58. The van der Waals surface area contributed by atoms with E-state index in [0.717, 1.165) is 0 Å². The molecule has 0 aromatic rings. The lowest BCUT2D eigenvalue weighted by Gasteiger charge is -2.04. The molecular formula is C4H7BO. The zero-order valence-corrected chi connectivity index (χ0v) is 4.02. The third kappa shape index (κ3) is 3.58. The molecule has 0 aliphatic heterocycles. The normalized spacial score (nSPS) is 18.2. The van der Waals surface area contributed by atoms with Gasteiger partial charge in [-0.2, -0.15) is 0 Å². The molecule has 6 heavy (non-hydrogen) atoms. The fourth-order valence-corrected chi connectivity index (χ4v) is 0. The highest BCUT2D eigenvalue weighted by Crippen LogP contribution is 1.87. The monoisotopic (exact) mass is 82.1 g/mol. The van der Waals surface area contributed by atoms with E-state index < -0.39 is 5.50 Å². The van der Waals surface area contributed by atoms with Crippen LogP contribution < -0.4 is 0 Å². The fraction of sp³-hybridized carbons (Fsp3) is 0.500. The molecule has 0 aliphatic rings. The van der Waals surface area contributed by atoms with Crippen molar-refractivity contribution in [1.82, 2.24) is 0 Å². The van der Waals surface area contributed by atoms with Gasteiger partial charge in [0.15, 0.2) is 7.85 Å². The molecule has 0 rings (SSSR count). The van der Waals surface area contributed by atoms with Crippen LogP contribution in [-0.2, 0) is 0 Å². The largest absolute Gasteiger partial charge is 0.387 e. The average molecular weight is 81.9 g/mol. The van der Waals surface area contributed by atoms with Crippen LogP contribution in [0.2, 0.25) is 0 Å². The van der Waals surface area contributed by atoms with E-state index in [4.69, 9.17) is 11.5 Å². The van der Waals surface area contributed by atoms with Crippen molar-refractivity contribution in [1.29, 1.82) is 0 Å². The van der Waals surface area contributed by atoms with E-state index in [1.807, 2.05) is 0 Å². The molecule has 1 unspecified atom stereocenters. The van der Waals surface area contributed by atoms with Gasteiger partial charge in [-0.15, -0.1) is 6.42 Å². The molecule has 0 aromatic carbocycles. The molecule has 0 bridgehead atoms. The third-order valence-electron chi connectivity index (χ3n) is 0.353. The topological polar surface area (TPSA) is 20.2 Å². The minimum Gasteiger partial charge on any atom is -0.387 e. The molecule has 0 aliphatic carbocycles.